The van der Waals surface area contributed by atoms with Crippen molar-refractivity contribution in [3.63, 3.8) is 0 Å². The van der Waals surface area contributed by atoms with E-state index in [4.69, 9.17) is 15.3 Å². The van der Waals surface area contributed by atoms with Gasteiger partial charge in [0.25, 0.3) is 0 Å². The maximum atomic E-state index is 11.1. The van der Waals surface area contributed by atoms with Gasteiger partial charge in [-0.2, -0.15) is 0 Å². The molecule has 1 rings (SSSR count). The van der Waals surface area contributed by atoms with Crippen molar-refractivity contribution in [2.24, 2.45) is 0 Å². The Balaban J connectivity index is 3.19. The third-order valence-corrected chi connectivity index (χ3v) is 1.77. The van der Waals surface area contributed by atoms with Gasteiger partial charge in [-0.05, 0) is 20.8 Å². The first-order chi connectivity index (χ1) is 5.36. The number of esters is 1. The summed E-state index contributed by atoms with van der Waals surface area (Å²) < 4.78 is 4.85. The summed E-state index contributed by atoms with van der Waals surface area (Å²) >= 11 is 0. The van der Waals surface area contributed by atoms with Crippen LogP contribution in [0.2, 0.25) is 0 Å². The minimum absolute atomic E-state index is 0.0139. The van der Waals surface area contributed by atoms with E-state index in [0.29, 0.717) is 0 Å². The second kappa shape index (κ2) is 2.33. The van der Waals surface area contributed by atoms with Crippen LogP contribution in [0.5, 0.6) is 0 Å². The highest BCUT2D eigenvalue weighted by Gasteiger charge is 2.43. The monoisotopic (exact) mass is 169 g/mol. The second-order valence-electron chi connectivity index (χ2n) is 3.24. The van der Waals surface area contributed by atoms with Gasteiger partial charge in [0.15, 0.2) is 0 Å². The molecule has 2 N–H and O–H groups in total. The van der Waals surface area contributed by atoms with Gasteiger partial charge in [0, 0.05) is 0 Å². The van der Waals surface area contributed by atoms with Crippen LogP contribution < -0.4 is 0 Å². The van der Waals surface area contributed by atoms with Crippen molar-refractivity contribution in [2.75, 3.05) is 0 Å². The Kier molecular flexibility index (Phi) is 1.71. The molecule has 66 valence electrons. The van der Waals surface area contributed by atoms with E-state index < -0.39 is 11.6 Å². The van der Waals surface area contributed by atoms with Crippen molar-refractivity contribution in [1.82, 2.24) is 0 Å². The molecule has 1 aliphatic rings. The normalized spacial score (nSPS) is 25.6. The summed E-state index contributed by atoms with van der Waals surface area (Å²) in [5.41, 5.74) is -0.886. The zero-order chi connectivity index (χ0) is 9.52. The van der Waals surface area contributed by atoms with Crippen molar-refractivity contribution in [3.05, 3.63) is 11.3 Å². The Morgan fingerprint density at radius 3 is 2.25 bits per heavy atom. The van der Waals surface area contributed by atoms with Crippen LogP contribution in [0.15, 0.2) is 11.3 Å². The molecule has 0 saturated carbocycles. The van der Waals surface area contributed by atoms with Crippen LogP contribution in [0.3, 0.4) is 0 Å². The molecular weight excluding hydrogens is 158 g/mol. The molecule has 0 spiro atoms. The number of allylic oxidation sites excluding steroid dienone is 1. The lowest BCUT2D eigenvalue weighted by Gasteiger charge is -2.14. The van der Waals surface area contributed by atoms with E-state index in [1.54, 1.807) is 13.8 Å². The molecule has 0 aromatic rings. The maximum Gasteiger partial charge on any atom is 0.344 e. The van der Waals surface area contributed by atoms with Crippen LogP contribution in [-0.4, -0.2) is 22.4 Å². The molecule has 0 radical (unpaired) electrons. The van der Waals surface area contributed by atoms with Crippen molar-refractivity contribution < 1.29 is 14.6 Å². The Morgan fingerprint density at radius 2 is 2.08 bits per heavy atom. The van der Waals surface area contributed by atoms with Gasteiger partial charge < -0.3 is 15.3 Å². The van der Waals surface area contributed by atoms with E-state index in [9.17, 15) is 4.79 Å². The van der Waals surface area contributed by atoms with Gasteiger partial charge in [0.05, 0.1) is 5.71 Å². The topological polar surface area (TPSA) is 70.4 Å². The number of aliphatic hydroxyl groups is 1. The molecular formula is C8H11NO3. The summed E-state index contributed by atoms with van der Waals surface area (Å²) in [6.07, 6.45) is 0. The molecule has 1 fully saturated rings. The Hall–Kier alpha value is -1.32. The summed E-state index contributed by atoms with van der Waals surface area (Å²) in [5, 5.41) is 16.6. The third kappa shape index (κ3) is 1.09. The SMILES string of the molecule is CC(O)=C1C(=N)C(C)(C)OC1=O. The number of carbonyl (C=O) groups is 1. The molecule has 0 atom stereocenters. The van der Waals surface area contributed by atoms with Crippen molar-refractivity contribution >= 4 is 11.7 Å². The second-order valence-corrected chi connectivity index (χ2v) is 3.24. The fraction of sp³-hybridized carbons (Fsp3) is 0.500. The van der Waals surface area contributed by atoms with Crippen molar-refractivity contribution in [1.29, 1.82) is 5.41 Å². The molecule has 1 saturated heterocycles. The van der Waals surface area contributed by atoms with Gasteiger partial charge in [0.2, 0.25) is 0 Å². The first-order valence-electron chi connectivity index (χ1n) is 3.59. The fourth-order valence-corrected chi connectivity index (χ4v) is 1.07. The summed E-state index contributed by atoms with van der Waals surface area (Å²) in [6.45, 7) is 4.60. The van der Waals surface area contributed by atoms with Crippen molar-refractivity contribution in [2.45, 2.75) is 26.4 Å². The van der Waals surface area contributed by atoms with Crippen LogP contribution in [0.25, 0.3) is 0 Å². The number of carbonyl (C=O) groups excluding carboxylic acids is 1. The number of cyclic esters (lactones) is 1. The standard InChI is InChI=1S/C8H11NO3/c1-4(10)5-6(9)8(2,3)12-7(5)11/h9-10H,1-3H3. The lowest BCUT2D eigenvalue weighted by Crippen LogP contribution is -2.27. The molecule has 0 aromatic carbocycles. The highest BCUT2D eigenvalue weighted by Crippen LogP contribution is 2.27. The van der Waals surface area contributed by atoms with Gasteiger partial charge >= 0.3 is 5.97 Å². The number of hydrogen-bond donors (Lipinski definition) is 2. The van der Waals surface area contributed by atoms with E-state index >= 15 is 0 Å². The average Bonchev–Trinajstić information content (AvgIpc) is 2.02. The molecule has 12 heavy (non-hydrogen) atoms. The predicted octanol–water partition coefficient (Wildman–Crippen LogP) is 1.17. The average molecular weight is 169 g/mol. The van der Waals surface area contributed by atoms with Crippen LogP contribution >= 0.6 is 0 Å². The highest BCUT2D eigenvalue weighted by atomic mass is 16.6. The largest absolute Gasteiger partial charge is 0.512 e. The zero-order valence-electron chi connectivity index (χ0n) is 7.26. The number of nitrogens with one attached hydrogen (secondary N) is 1. The Morgan fingerprint density at radius 1 is 1.58 bits per heavy atom. The van der Waals surface area contributed by atoms with E-state index in [0.717, 1.165) is 0 Å². The van der Waals surface area contributed by atoms with E-state index in [1.165, 1.54) is 6.92 Å². The van der Waals surface area contributed by atoms with Gasteiger partial charge in [-0.15, -0.1) is 0 Å². The van der Waals surface area contributed by atoms with Crippen LogP contribution in [0.4, 0.5) is 0 Å². The molecule has 0 amide bonds. The third-order valence-electron chi connectivity index (χ3n) is 1.77. The molecule has 4 nitrogen and oxygen atoms in total. The summed E-state index contributed by atoms with van der Waals surface area (Å²) in [6, 6.07) is 0. The molecule has 0 aromatic heterocycles. The Labute approximate surface area is 70.4 Å². The quantitative estimate of drug-likeness (QED) is 0.325. The number of aliphatic hydroxyl groups excluding tert-OH is 1. The minimum atomic E-state index is -0.906. The first-order valence-corrected chi connectivity index (χ1v) is 3.59. The number of rotatable bonds is 0. The van der Waals surface area contributed by atoms with Gasteiger partial charge in [-0.3, -0.25) is 0 Å². The zero-order valence-corrected chi connectivity index (χ0v) is 7.26. The Bertz CT molecular complexity index is 285. The molecule has 0 bridgehead atoms. The molecule has 4 heteroatoms. The van der Waals surface area contributed by atoms with E-state index in [-0.39, 0.29) is 17.0 Å². The van der Waals surface area contributed by atoms with Crippen molar-refractivity contribution in [3.8, 4) is 0 Å². The smallest absolute Gasteiger partial charge is 0.344 e. The number of ether oxygens (including phenoxy) is 1. The van der Waals surface area contributed by atoms with Crippen LogP contribution in [0, 0.1) is 5.41 Å². The molecule has 0 unspecified atom stereocenters. The molecule has 1 heterocycles. The summed E-state index contributed by atoms with van der Waals surface area (Å²) in [5.74, 6) is -0.777. The molecule has 1 aliphatic heterocycles. The van der Waals surface area contributed by atoms with Crippen LogP contribution in [0.1, 0.15) is 20.8 Å². The molecule has 0 aliphatic carbocycles. The van der Waals surface area contributed by atoms with E-state index in [1.807, 2.05) is 0 Å². The van der Waals surface area contributed by atoms with Gasteiger partial charge in [-0.25, -0.2) is 4.79 Å². The minimum Gasteiger partial charge on any atom is -0.512 e. The van der Waals surface area contributed by atoms with E-state index in [2.05, 4.69) is 0 Å². The predicted molar refractivity (Wildman–Crippen MR) is 43.2 cm³/mol. The van der Waals surface area contributed by atoms with Gasteiger partial charge in [-0.1, -0.05) is 0 Å². The summed E-state index contributed by atoms with van der Waals surface area (Å²) in [4.78, 5) is 11.1. The summed E-state index contributed by atoms with van der Waals surface area (Å²) in [7, 11) is 0. The fourth-order valence-electron chi connectivity index (χ4n) is 1.07. The van der Waals surface area contributed by atoms with Gasteiger partial charge in [0.1, 0.15) is 16.9 Å². The lowest BCUT2D eigenvalue weighted by molar-refractivity contribution is -0.142. The maximum absolute atomic E-state index is 11.1. The van der Waals surface area contributed by atoms with Crippen LogP contribution in [-0.2, 0) is 9.53 Å². The number of hydrogen-bond acceptors (Lipinski definition) is 4. The first kappa shape index (κ1) is 8.77. The highest BCUT2D eigenvalue weighted by molar-refractivity contribution is 6.26. The lowest BCUT2D eigenvalue weighted by atomic mass is 9.99.